The van der Waals surface area contributed by atoms with Crippen molar-refractivity contribution in [3.05, 3.63) is 35.9 Å². The van der Waals surface area contributed by atoms with E-state index in [0.29, 0.717) is 5.92 Å². The highest BCUT2D eigenvalue weighted by Gasteiger charge is 2.34. The van der Waals surface area contributed by atoms with Gasteiger partial charge in [-0.25, -0.2) is 0 Å². The highest BCUT2D eigenvalue weighted by molar-refractivity contribution is 5.83. The quantitative estimate of drug-likeness (QED) is 0.901. The number of amides is 1. The molecule has 2 saturated heterocycles. The van der Waals surface area contributed by atoms with E-state index in [0.717, 1.165) is 57.7 Å². The molecule has 1 amide bonds. The molecule has 0 spiro atoms. The Labute approximate surface area is 151 Å². The van der Waals surface area contributed by atoms with Gasteiger partial charge in [0.25, 0.3) is 0 Å². The first-order valence-electron chi connectivity index (χ1n) is 9.58. The molecule has 2 unspecified atom stereocenters. The minimum absolute atomic E-state index is 0.151. The molecule has 138 valence electrons. The van der Waals surface area contributed by atoms with Crippen molar-refractivity contribution >= 4 is 5.91 Å². The van der Waals surface area contributed by atoms with Crippen molar-refractivity contribution in [3.8, 4) is 0 Å². The first kappa shape index (κ1) is 18.4. The Hall–Kier alpha value is -1.43. The Morgan fingerprint density at radius 2 is 1.64 bits per heavy atom. The van der Waals surface area contributed by atoms with Crippen LogP contribution >= 0.6 is 0 Å². The van der Waals surface area contributed by atoms with E-state index in [1.807, 2.05) is 18.2 Å². The molecule has 2 N–H and O–H groups in total. The first-order chi connectivity index (χ1) is 12.1. The third kappa shape index (κ3) is 4.40. The number of likely N-dealkylation sites (N-methyl/N-ethyl adjacent to an activating group) is 1. The summed E-state index contributed by atoms with van der Waals surface area (Å²) in [5.74, 6) is 0.807. The van der Waals surface area contributed by atoms with Gasteiger partial charge in [-0.05, 0) is 38.3 Å². The van der Waals surface area contributed by atoms with Gasteiger partial charge in [0.2, 0.25) is 5.91 Å². The molecule has 0 aromatic heterocycles. The van der Waals surface area contributed by atoms with Gasteiger partial charge >= 0.3 is 0 Å². The molecule has 25 heavy (non-hydrogen) atoms. The molecule has 2 aliphatic heterocycles. The lowest BCUT2D eigenvalue weighted by Gasteiger charge is -2.41. The average Bonchev–Trinajstić information content (AvgIpc) is 2.64. The maximum atomic E-state index is 13.4. The Kier molecular flexibility index (Phi) is 6.10. The second kappa shape index (κ2) is 8.30. The van der Waals surface area contributed by atoms with Crippen LogP contribution in [-0.4, -0.2) is 73.0 Å². The lowest BCUT2D eigenvalue weighted by atomic mass is 9.90. The van der Waals surface area contributed by atoms with Gasteiger partial charge in [-0.15, -0.1) is 0 Å². The van der Waals surface area contributed by atoms with Crippen molar-refractivity contribution in [1.82, 2.24) is 14.7 Å². The van der Waals surface area contributed by atoms with Crippen LogP contribution in [0, 0.1) is 5.92 Å². The number of benzene rings is 1. The predicted octanol–water partition coefficient (Wildman–Crippen LogP) is 1.56. The summed E-state index contributed by atoms with van der Waals surface area (Å²) >= 11 is 0. The van der Waals surface area contributed by atoms with Gasteiger partial charge in [0, 0.05) is 45.3 Å². The Morgan fingerprint density at radius 3 is 2.20 bits per heavy atom. The molecule has 5 nitrogen and oxygen atoms in total. The lowest BCUT2D eigenvalue weighted by molar-refractivity contribution is -0.139. The third-order valence-electron chi connectivity index (χ3n) is 5.85. The van der Waals surface area contributed by atoms with Crippen molar-refractivity contribution in [3.63, 3.8) is 0 Å². The van der Waals surface area contributed by atoms with Crippen LogP contribution in [0.1, 0.15) is 31.4 Å². The van der Waals surface area contributed by atoms with E-state index in [2.05, 4.69) is 40.8 Å². The molecule has 0 radical (unpaired) electrons. The van der Waals surface area contributed by atoms with Gasteiger partial charge in [-0.2, -0.15) is 0 Å². The number of likely N-dealkylation sites (tertiary alicyclic amines) is 1. The number of hydrogen-bond donors (Lipinski definition) is 1. The van der Waals surface area contributed by atoms with Gasteiger partial charge in [-0.3, -0.25) is 9.69 Å². The summed E-state index contributed by atoms with van der Waals surface area (Å²) < 4.78 is 0. The molecule has 0 bridgehead atoms. The summed E-state index contributed by atoms with van der Waals surface area (Å²) in [5, 5.41) is 0. The van der Waals surface area contributed by atoms with Crippen LogP contribution in [-0.2, 0) is 4.79 Å². The molecule has 1 aromatic carbocycles. The molecular formula is C20H32N4O. The molecule has 0 aliphatic carbocycles. The van der Waals surface area contributed by atoms with Crippen LogP contribution in [0.2, 0.25) is 0 Å². The summed E-state index contributed by atoms with van der Waals surface area (Å²) in [5.41, 5.74) is 7.17. The number of piperazine rings is 1. The van der Waals surface area contributed by atoms with Gasteiger partial charge in [0.15, 0.2) is 0 Å². The van der Waals surface area contributed by atoms with Crippen LogP contribution in [0.3, 0.4) is 0 Å². The zero-order valence-corrected chi connectivity index (χ0v) is 15.6. The highest BCUT2D eigenvalue weighted by Crippen LogP contribution is 2.27. The molecule has 1 aromatic rings. The third-order valence-corrected chi connectivity index (χ3v) is 5.85. The van der Waals surface area contributed by atoms with Crippen molar-refractivity contribution < 1.29 is 4.79 Å². The van der Waals surface area contributed by atoms with Crippen LogP contribution in [0.5, 0.6) is 0 Å². The first-order valence-corrected chi connectivity index (χ1v) is 9.58. The van der Waals surface area contributed by atoms with E-state index >= 15 is 0 Å². The monoisotopic (exact) mass is 344 g/mol. The second-order valence-electron chi connectivity index (χ2n) is 7.67. The van der Waals surface area contributed by atoms with Gasteiger partial charge < -0.3 is 15.5 Å². The number of carbonyl (C=O) groups is 1. The smallest absolute Gasteiger partial charge is 0.244 e. The van der Waals surface area contributed by atoms with Gasteiger partial charge in [0.1, 0.15) is 6.04 Å². The molecule has 2 heterocycles. The molecule has 2 fully saturated rings. The van der Waals surface area contributed by atoms with E-state index in [9.17, 15) is 4.79 Å². The fourth-order valence-corrected chi connectivity index (χ4v) is 4.04. The van der Waals surface area contributed by atoms with E-state index in [-0.39, 0.29) is 18.0 Å². The molecule has 2 atom stereocenters. The highest BCUT2D eigenvalue weighted by atomic mass is 16.2. The summed E-state index contributed by atoms with van der Waals surface area (Å²) in [4.78, 5) is 20.1. The fraction of sp³-hybridized carbons (Fsp3) is 0.650. The Bertz CT molecular complexity index is 546. The fourth-order valence-electron chi connectivity index (χ4n) is 4.04. The van der Waals surface area contributed by atoms with Crippen molar-refractivity contribution in [2.45, 2.75) is 31.8 Å². The van der Waals surface area contributed by atoms with E-state index < -0.39 is 0 Å². The van der Waals surface area contributed by atoms with E-state index in [1.54, 1.807) is 0 Å². The number of hydrogen-bond acceptors (Lipinski definition) is 4. The maximum absolute atomic E-state index is 13.4. The molecule has 3 rings (SSSR count). The lowest BCUT2D eigenvalue weighted by Crippen LogP contribution is -2.52. The molecule has 5 heteroatoms. The van der Waals surface area contributed by atoms with Crippen LogP contribution in [0.4, 0.5) is 0 Å². The summed E-state index contributed by atoms with van der Waals surface area (Å²) in [6.07, 6.45) is 2.04. The second-order valence-corrected chi connectivity index (χ2v) is 7.67. The molecular weight excluding hydrogens is 312 g/mol. The minimum atomic E-state index is -0.151. The normalized spacial score (nSPS) is 23.4. The van der Waals surface area contributed by atoms with Crippen LogP contribution in [0.25, 0.3) is 0 Å². The van der Waals surface area contributed by atoms with Crippen LogP contribution < -0.4 is 5.73 Å². The van der Waals surface area contributed by atoms with E-state index in [4.69, 9.17) is 5.73 Å². The SMILES string of the molecule is CC(N)C1CCN(C(=O)C(c2ccccc2)N2CCN(C)CC2)CC1. The van der Waals surface area contributed by atoms with Crippen molar-refractivity contribution in [2.75, 3.05) is 46.3 Å². The standard InChI is InChI=1S/C20H32N4O/c1-16(21)17-8-10-24(11-9-17)20(25)19(18-6-4-3-5-7-18)23-14-12-22(2)13-15-23/h3-7,16-17,19H,8-15,21H2,1-2H3. The molecule has 0 saturated carbocycles. The van der Waals surface area contributed by atoms with Crippen molar-refractivity contribution in [2.24, 2.45) is 11.7 Å². The number of nitrogens with two attached hydrogens (primary N) is 1. The number of carbonyl (C=O) groups excluding carboxylic acids is 1. The number of nitrogens with zero attached hydrogens (tertiary/aromatic N) is 3. The summed E-state index contributed by atoms with van der Waals surface area (Å²) in [7, 11) is 2.15. The van der Waals surface area contributed by atoms with Gasteiger partial charge in [-0.1, -0.05) is 30.3 Å². The van der Waals surface area contributed by atoms with Gasteiger partial charge in [0.05, 0.1) is 0 Å². The maximum Gasteiger partial charge on any atom is 0.244 e. The average molecular weight is 345 g/mol. The number of rotatable bonds is 4. The van der Waals surface area contributed by atoms with Crippen molar-refractivity contribution in [1.29, 1.82) is 0 Å². The van der Waals surface area contributed by atoms with Crippen LogP contribution in [0.15, 0.2) is 30.3 Å². The zero-order valence-electron chi connectivity index (χ0n) is 15.6. The predicted molar refractivity (Wildman–Crippen MR) is 101 cm³/mol. The minimum Gasteiger partial charge on any atom is -0.341 e. The van der Waals surface area contributed by atoms with E-state index in [1.165, 1.54) is 0 Å². The zero-order chi connectivity index (χ0) is 17.8. The summed E-state index contributed by atoms with van der Waals surface area (Å²) in [6.45, 7) is 7.67. The topological polar surface area (TPSA) is 52.8 Å². The number of piperidine rings is 1. The largest absolute Gasteiger partial charge is 0.341 e. The Balaban J connectivity index is 1.74. The summed E-state index contributed by atoms with van der Waals surface area (Å²) in [6, 6.07) is 10.3. The molecule has 2 aliphatic rings. The Morgan fingerprint density at radius 1 is 1.04 bits per heavy atom.